The van der Waals surface area contributed by atoms with Gasteiger partial charge in [-0.3, -0.25) is 0 Å². The molecular weight excluding hydrogens is 283 g/mol. The summed E-state index contributed by atoms with van der Waals surface area (Å²) in [7, 11) is 0. The average Bonchev–Trinajstić information content (AvgIpc) is 2.34. The summed E-state index contributed by atoms with van der Waals surface area (Å²) in [6, 6.07) is 0. The van der Waals surface area contributed by atoms with Gasteiger partial charge in [0.2, 0.25) is 0 Å². The van der Waals surface area contributed by atoms with Crippen LogP contribution in [0.1, 0.15) is 13.8 Å². The van der Waals surface area contributed by atoms with Crippen molar-refractivity contribution in [2.45, 2.75) is 32.2 Å². The Morgan fingerprint density at radius 3 is 1.89 bits per heavy atom. The van der Waals surface area contributed by atoms with Gasteiger partial charge in [0, 0.05) is 0 Å². The molecule has 7 nitrogen and oxygen atoms in total. The van der Waals surface area contributed by atoms with Crippen molar-refractivity contribution in [3.05, 3.63) is 0 Å². The number of hydrogen-bond acceptors (Lipinski definition) is 8. The summed E-state index contributed by atoms with van der Waals surface area (Å²) in [6.07, 6.45) is -4.36. The molecule has 0 radical (unpaired) electrons. The van der Waals surface area contributed by atoms with E-state index in [0.29, 0.717) is 13.2 Å². The number of hydrogen-bond donors (Lipinski definition) is 4. The van der Waals surface area contributed by atoms with Crippen LogP contribution in [0.5, 0.6) is 0 Å². The van der Waals surface area contributed by atoms with E-state index in [4.69, 9.17) is 35.6 Å². The molecule has 0 amide bonds. The molecule has 0 aliphatic heterocycles. The quantitative estimate of drug-likeness (QED) is 0.395. The summed E-state index contributed by atoms with van der Waals surface area (Å²) >= 11 is 5.04. The zero-order valence-electron chi connectivity index (χ0n) is 10.4. The Balaban J connectivity index is 4.30. The lowest BCUT2D eigenvalue weighted by Gasteiger charge is -2.25. The Hall–Kier alpha value is 0.370. The second-order valence-electron chi connectivity index (χ2n) is 3.39. The highest BCUT2D eigenvalue weighted by molar-refractivity contribution is 8.07. The van der Waals surface area contributed by atoms with Crippen molar-refractivity contribution >= 4 is 18.5 Å². The van der Waals surface area contributed by atoms with Gasteiger partial charge in [-0.1, -0.05) is 0 Å². The molecule has 0 saturated carbocycles. The third kappa shape index (κ3) is 6.51. The summed E-state index contributed by atoms with van der Waals surface area (Å²) in [6.45, 7) is 0.106. The van der Waals surface area contributed by atoms with E-state index in [-0.39, 0.29) is 6.61 Å². The van der Waals surface area contributed by atoms with Gasteiger partial charge in [-0.25, -0.2) is 0 Å². The molecule has 0 aliphatic rings. The molecule has 4 N–H and O–H groups in total. The van der Waals surface area contributed by atoms with E-state index in [1.807, 2.05) is 0 Å². The van der Waals surface area contributed by atoms with Crippen molar-refractivity contribution in [3.63, 3.8) is 0 Å². The zero-order valence-corrected chi connectivity index (χ0v) is 12.1. The molecule has 18 heavy (non-hydrogen) atoms. The molecule has 0 aromatic heterocycles. The van der Waals surface area contributed by atoms with Gasteiger partial charge in [0.15, 0.2) is 0 Å². The van der Waals surface area contributed by atoms with Crippen LogP contribution in [0.3, 0.4) is 0 Å². The first-order valence-corrected chi connectivity index (χ1v) is 8.14. The van der Waals surface area contributed by atoms with Crippen LogP contribution in [-0.4, -0.2) is 65.2 Å². The molecule has 9 heteroatoms. The molecule has 0 aliphatic carbocycles. The summed E-state index contributed by atoms with van der Waals surface area (Å²) in [4.78, 5) is 0. The molecule has 0 heterocycles. The fourth-order valence-electron chi connectivity index (χ4n) is 1.06. The topological polar surface area (TPSA) is 109 Å². The molecule has 0 unspecified atom stereocenters. The van der Waals surface area contributed by atoms with Crippen molar-refractivity contribution < 1.29 is 34.0 Å². The third-order valence-corrected chi connectivity index (χ3v) is 4.52. The smallest absolute Gasteiger partial charge is 0.327 e. The van der Waals surface area contributed by atoms with Crippen molar-refractivity contribution in [3.8, 4) is 0 Å². The van der Waals surface area contributed by atoms with Crippen molar-refractivity contribution in [2.75, 3.05) is 26.4 Å². The normalized spacial score (nSPS) is 17.4. The molecule has 0 aromatic carbocycles. The van der Waals surface area contributed by atoms with E-state index in [1.54, 1.807) is 13.8 Å². The van der Waals surface area contributed by atoms with Crippen LogP contribution in [0.2, 0.25) is 0 Å². The fraction of sp³-hybridized carbons (Fsp3) is 1.00. The fourth-order valence-corrected chi connectivity index (χ4v) is 3.07. The summed E-state index contributed by atoms with van der Waals surface area (Å²) in [5, 5.41) is 36.7. The van der Waals surface area contributed by atoms with Gasteiger partial charge in [0.25, 0.3) is 0 Å². The lowest BCUT2D eigenvalue weighted by atomic mass is 10.1. The molecule has 0 spiro atoms. The highest BCUT2D eigenvalue weighted by atomic mass is 32.5. The maximum Gasteiger partial charge on any atom is 0.327 e. The van der Waals surface area contributed by atoms with Gasteiger partial charge in [0.1, 0.15) is 18.3 Å². The van der Waals surface area contributed by atoms with Gasteiger partial charge < -0.3 is 34.0 Å². The largest absolute Gasteiger partial charge is 0.394 e. The molecule has 0 saturated heterocycles. The number of aliphatic hydroxyl groups is 4. The van der Waals surface area contributed by atoms with Gasteiger partial charge in [0.05, 0.1) is 26.4 Å². The minimum atomic E-state index is -2.93. The van der Waals surface area contributed by atoms with Crippen LogP contribution < -0.4 is 0 Å². The first-order valence-electron chi connectivity index (χ1n) is 5.58. The maximum absolute atomic E-state index is 9.53. The van der Waals surface area contributed by atoms with Crippen LogP contribution in [0.15, 0.2) is 0 Å². The van der Waals surface area contributed by atoms with E-state index in [9.17, 15) is 10.2 Å². The van der Waals surface area contributed by atoms with Crippen molar-refractivity contribution in [1.82, 2.24) is 0 Å². The second-order valence-corrected chi connectivity index (χ2v) is 6.40. The summed E-state index contributed by atoms with van der Waals surface area (Å²) < 4.78 is 15.5. The highest BCUT2D eigenvalue weighted by Crippen LogP contribution is 2.49. The van der Waals surface area contributed by atoms with E-state index < -0.39 is 31.6 Å². The third-order valence-electron chi connectivity index (χ3n) is 1.95. The highest BCUT2D eigenvalue weighted by Gasteiger charge is 2.27. The lowest BCUT2D eigenvalue weighted by molar-refractivity contribution is -0.0887. The molecule has 0 bridgehead atoms. The Labute approximate surface area is 112 Å². The minimum Gasteiger partial charge on any atom is -0.394 e. The van der Waals surface area contributed by atoms with Gasteiger partial charge in [-0.15, -0.1) is 0 Å². The van der Waals surface area contributed by atoms with E-state index in [0.717, 1.165) is 0 Å². The number of aliphatic hydroxyl groups excluding tert-OH is 4. The van der Waals surface area contributed by atoms with Gasteiger partial charge in [-0.2, -0.15) is 0 Å². The predicted molar refractivity (Wildman–Crippen MR) is 68.6 cm³/mol. The Kier molecular flexibility index (Phi) is 9.49. The van der Waals surface area contributed by atoms with E-state index in [1.165, 1.54) is 0 Å². The van der Waals surface area contributed by atoms with E-state index >= 15 is 0 Å². The summed E-state index contributed by atoms with van der Waals surface area (Å²) in [5.41, 5.74) is 0. The van der Waals surface area contributed by atoms with E-state index in [2.05, 4.69) is 0 Å². The predicted octanol–water partition coefficient (Wildman–Crippen LogP) is -0.624. The molecule has 0 fully saturated rings. The SMILES string of the molecule is CCOP(=S)(OCC)OC[C@H](O)[C@@H](O)[C@H](O)CO. The molecule has 0 aromatic rings. The Bertz CT molecular complexity index is 255. The summed E-state index contributed by atoms with van der Waals surface area (Å²) in [5.74, 6) is 0. The van der Waals surface area contributed by atoms with Crippen LogP contribution >= 0.6 is 6.72 Å². The first-order chi connectivity index (χ1) is 8.40. The monoisotopic (exact) mass is 304 g/mol. The molecule has 3 atom stereocenters. The molecular formula is C9H21O7PS. The van der Waals surface area contributed by atoms with Crippen LogP contribution in [0.25, 0.3) is 0 Å². The second kappa shape index (κ2) is 9.30. The zero-order chi connectivity index (χ0) is 14.2. The van der Waals surface area contributed by atoms with Gasteiger partial charge in [-0.05, 0) is 25.7 Å². The Morgan fingerprint density at radius 2 is 1.50 bits per heavy atom. The maximum atomic E-state index is 9.53. The standard InChI is InChI=1S/C9H21O7PS/c1-3-14-17(18,15-4-2)16-6-8(12)9(13)7(11)5-10/h7-13H,3-6H2,1-2H3/t7-,8+,9+/m1/s1. The Morgan fingerprint density at radius 1 is 1.00 bits per heavy atom. The number of rotatable bonds is 10. The van der Waals surface area contributed by atoms with Crippen molar-refractivity contribution in [2.24, 2.45) is 0 Å². The van der Waals surface area contributed by atoms with Crippen LogP contribution in [0.4, 0.5) is 0 Å². The average molecular weight is 304 g/mol. The van der Waals surface area contributed by atoms with Crippen LogP contribution in [-0.2, 0) is 25.4 Å². The van der Waals surface area contributed by atoms with Crippen LogP contribution in [0, 0.1) is 0 Å². The molecule has 0 rings (SSSR count). The first kappa shape index (κ1) is 18.4. The lowest BCUT2D eigenvalue weighted by Crippen LogP contribution is -2.41. The van der Waals surface area contributed by atoms with Crippen molar-refractivity contribution in [1.29, 1.82) is 0 Å². The van der Waals surface area contributed by atoms with Gasteiger partial charge >= 0.3 is 6.72 Å². The minimum absolute atomic E-state index is 0.301. The molecule has 110 valence electrons.